The van der Waals surface area contributed by atoms with Crippen LogP contribution < -0.4 is 4.74 Å². The number of carbonyl (C=O) groups is 2. The van der Waals surface area contributed by atoms with Gasteiger partial charge in [-0.1, -0.05) is 13.8 Å². The Morgan fingerprint density at radius 3 is 2.61 bits per heavy atom. The minimum Gasteiger partial charge on any atom is -0.494 e. The van der Waals surface area contributed by atoms with Crippen molar-refractivity contribution in [3.63, 3.8) is 0 Å². The monoisotopic (exact) mass is 319 g/mol. The van der Waals surface area contributed by atoms with Gasteiger partial charge >= 0.3 is 5.97 Å². The van der Waals surface area contributed by atoms with Gasteiger partial charge in [-0.15, -0.1) is 0 Å². The Bertz CT molecular complexity index is 538. The maximum absolute atomic E-state index is 12.5. The van der Waals surface area contributed by atoms with Crippen LogP contribution in [-0.4, -0.2) is 41.6 Å². The van der Waals surface area contributed by atoms with Gasteiger partial charge in [0.25, 0.3) is 5.91 Å². The van der Waals surface area contributed by atoms with E-state index in [-0.39, 0.29) is 5.91 Å². The van der Waals surface area contributed by atoms with Crippen molar-refractivity contribution >= 4 is 11.9 Å². The van der Waals surface area contributed by atoms with Crippen molar-refractivity contribution < 1.29 is 19.4 Å². The molecule has 5 heteroatoms. The molecular formula is C18H25NO4. The molecule has 0 bridgehead atoms. The summed E-state index contributed by atoms with van der Waals surface area (Å²) >= 11 is 0. The lowest BCUT2D eigenvalue weighted by Gasteiger charge is -2.30. The molecule has 5 nitrogen and oxygen atoms in total. The molecule has 2 rings (SSSR count). The Balaban J connectivity index is 1.93. The third kappa shape index (κ3) is 4.98. The highest BCUT2D eigenvalue weighted by molar-refractivity contribution is 5.94. The zero-order valence-electron chi connectivity index (χ0n) is 13.8. The van der Waals surface area contributed by atoms with Crippen LogP contribution in [0.4, 0.5) is 0 Å². The van der Waals surface area contributed by atoms with Crippen molar-refractivity contribution in [3.8, 4) is 5.75 Å². The molecule has 0 spiro atoms. The molecule has 0 radical (unpaired) electrons. The standard InChI is InChI=1S/C18H25NO4/c1-13(2)9-11-23-16-7-5-14(6-8-16)17(20)19-10-3-4-15(12-19)18(21)22/h5-8,13,15H,3-4,9-12H2,1-2H3,(H,21,22)/t15-/m0/s1. The van der Waals surface area contributed by atoms with Gasteiger partial charge in [0.2, 0.25) is 0 Å². The zero-order chi connectivity index (χ0) is 16.8. The van der Waals surface area contributed by atoms with E-state index in [1.54, 1.807) is 29.2 Å². The number of aliphatic carboxylic acids is 1. The zero-order valence-corrected chi connectivity index (χ0v) is 13.8. The fraction of sp³-hybridized carbons (Fsp3) is 0.556. The van der Waals surface area contributed by atoms with Gasteiger partial charge in [-0.3, -0.25) is 9.59 Å². The molecule has 0 unspecified atom stereocenters. The van der Waals surface area contributed by atoms with Crippen molar-refractivity contribution in [1.29, 1.82) is 0 Å². The van der Waals surface area contributed by atoms with E-state index in [0.717, 1.165) is 18.6 Å². The third-order valence-electron chi connectivity index (χ3n) is 4.12. The van der Waals surface area contributed by atoms with Gasteiger partial charge in [0, 0.05) is 18.7 Å². The molecule has 1 atom stereocenters. The van der Waals surface area contributed by atoms with Gasteiger partial charge in [-0.2, -0.15) is 0 Å². The van der Waals surface area contributed by atoms with Crippen molar-refractivity contribution in [2.45, 2.75) is 33.1 Å². The first-order valence-electron chi connectivity index (χ1n) is 8.22. The molecule has 1 N–H and O–H groups in total. The highest BCUT2D eigenvalue weighted by Gasteiger charge is 2.28. The summed E-state index contributed by atoms with van der Waals surface area (Å²) in [5.41, 5.74) is 0.576. The molecule has 0 aliphatic carbocycles. The van der Waals surface area contributed by atoms with Crippen molar-refractivity contribution in [3.05, 3.63) is 29.8 Å². The Morgan fingerprint density at radius 2 is 2.00 bits per heavy atom. The molecule has 1 aromatic rings. The maximum Gasteiger partial charge on any atom is 0.308 e. The maximum atomic E-state index is 12.5. The van der Waals surface area contributed by atoms with Crippen LogP contribution in [0.15, 0.2) is 24.3 Å². The predicted molar refractivity (Wildman–Crippen MR) is 87.7 cm³/mol. The van der Waals surface area contributed by atoms with Gasteiger partial charge in [0.1, 0.15) is 5.75 Å². The average Bonchev–Trinajstić information content (AvgIpc) is 2.54. The number of carboxylic acids is 1. The number of nitrogens with zero attached hydrogens (tertiary/aromatic N) is 1. The summed E-state index contributed by atoms with van der Waals surface area (Å²) in [5, 5.41) is 9.11. The molecule has 0 saturated carbocycles. The summed E-state index contributed by atoms with van der Waals surface area (Å²) in [6, 6.07) is 7.09. The fourth-order valence-electron chi connectivity index (χ4n) is 2.65. The van der Waals surface area contributed by atoms with Crippen molar-refractivity contribution in [2.75, 3.05) is 19.7 Å². The minimum atomic E-state index is -0.823. The highest BCUT2D eigenvalue weighted by atomic mass is 16.5. The Morgan fingerprint density at radius 1 is 1.30 bits per heavy atom. The molecule has 1 amide bonds. The van der Waals surface area contributed by atoms with Gasteiger partial charge in [0.15, 0.2) is 0 Å². The minimum absolute atomic E-state index is 0.107. The second kappa shape index (κ2) is 7.99. The predicted octanol–water partition coefficient (Wildman–Crippen LogP) is 3.05. The smallest absolute Gasteiger partial charge is 0.308 e. The first-order valence-corrected chi connectivity index (χ1v) is 8.22. The molecule has 1 aliphatic rings. The van der Waals surface area contributed by atoms with Crippen molar-refractivity contribution in [2.24, 2.45) is 11.8 Å². The summed E-state index contributed by atoms with van der Waals surface area (Å²) in [4.78, 5) is 25.2. The lowest BCUT2D eigenvalue weighted by molar-refractivity contribution is -0.143. The number of hydrogen-bond donors (Lipinski definition) is 1. The Hall–Kier alpha value is -2.04. The number of carboxylic acid groups (broad SMARTS) is 1. The summed E-state index contributed by atoms with van der Waals surface area (Å²) < 4.78 is 5.64. The number of likely N-dealkylation sites (tertiary alicyclic amines) is 1. The molecule has 1 aliphatic heterocycles. The topological polar surface area (TPSA) is 66.8 Å². The van der Waals surface area contributed by atoms with Crippen LogP contribution in [0.2, 0.25) is 0 Å². The summed E-state index contributed by atoms with van der Waals surface area (Å²) in [6.07, 6.45) is 2.37. The number of hydrogen-bond acceptors (Lipinski definition) is 3. The van der Waals surface area contributed by atoms with Gasteiger partial charge < -0.3 is 14.7 Å². The normalized spacial score (nSPS) is 18.0. The number of amides is 1. The van der Waals surface area contributed by atoms with Gasteiger partial charge in [-0.25, -0.2) is 0 Å². The number of carbonyl (C=O) groups excluding carboxylic acids is 1. The molecular weight excluding hydrogens is 294 g/mol. The van der Waals surface area contributed by atoms with Crippen LogP contribution >= 0.6 is 0 Å². The molecule has 23 heavy (non-hydrogen) atoms. The third-order valence-corrected chi connectivity index (χ3v) is 4.12. The van der Waals surface area contributed by atoms with E-state index in [9.17, 15) is 9.59 Å². The summed E-state index contributed by atoms with van der Waals surface area (Å²) in [7, 11) is 0. The van der Waals surface area contributed by atoms with E-state index in [1.807, 2.05) is 0 Å². The molecule has 0 aromatic heterocycles. The number of piperidine rings is 1. The van der Waals surface area contributed by atoms with Crippen LogP contribution in [-0.2, 0) is 4.79 Å². The largest absolute Gasteiger partial charge is 0.494 e. The molecule has 1 fully saturated rings. The molecule has 1 aromatic carbocycles. The number of benzene rings is 1. The average molecular weight is 319 g/mol. The SMILES string of the molecule is CC(C)CCOc1ccc(C(=O)N2CCC[C@H](C(=O)O)C2)cc1. The highest BCUT2D eigenvalue weighted by Crippen LogP contribution is 2.20. The Kier molecular flexibility index (Phi) is 6.02. The molecule has 1 saturated heterocycles. The van der Waals surface area contributed by atoms with E-state index < -0.39 is 11.9 Å². The molecule has 1 heterocycles. The second-order valence-corrected chi connectivity index (χ2v) is 6.48. The van der Waals surface area contributed by atoms with Crippen LogP contribution in [0.25, 0.3) is 0 Å². The Labute approximate surface area is 137 Å². The molecule has 126 valence electrons. The van der Waals surface area contributed by atoms with Crippen molar-refractivity contribution in [1.82, 2.24) is 4.90 Å². The van der Waals surface area contributed by atoms with E-state index in [1.165, 1.54) is 0 Å². The van der Waals surface area contributed by atoms with E-state index in [4.69, 9.17) is 9.84 Å². The first kappa shape index (κ1) is 17.3. The lowest BCUT2D eigenvalue weighted by atomic mass is 9.97. The van der Waals surface area contributed by atoms with Crippen LogP contribution in [0, 0.1) is 11.8 Å². The first-order chi connectivity index (χ1) is 11.0. The lowest BCUT2D eigenvalue weighted by Crippen LogP contribution is -2.42. The van der Waals surface area contributed by atoms with Gasteiger partial charge in [-0.05, 0) is 49.4 Å². The van der Waals surface area contributed by atoms with Crippen LogP contribution in [0.3, 0.4) is 0 Å². The van der Waals surface area contributed by atoms with Crippen LogP contribution in [0.5, 0.6) is 5.75 Å². The van der Waals surface area contributed by atoms with E-state index >= 15 is 0 Å². The number of rotatable bonds is 6. The fourth-order valence-corrected chi connectivity index (χ4v) is 2.65. The second-order valence-electron chi connectivity index (χ2n) is 6.48. The summed E-state index contributed by atoms with van der Waals surface area (Å²) in [6.45, 7) is 5.87. The van der Waals surface area contributed by atoms with Gasteiger partial charge in [0.05, 0.1) is 12.5 Å². The quantitative estimate of drug-likeness (QED) is 0.875. The van der Waals surface area contributed by atoms with Crippen LogP contribution in [0.1, 0.15) is 43.5 Å². The van der Waals surface area contributed by atoms with E-state index in [2.05, 4.69) is 13.8 Å². The number of ether oxygens (including phenoxy) is 1. The summed E-state index contributed by atoms with van der Waals surface area (Å²) in [5.74, 6) is -0.0335. The van der Waals surface area contributed by atoms with E-state index in [0.29, 0.717) is 37.6 Å².